The van der Waals surface area contributed by atoms with Gasteiger partial charge in [-0.3, -0.25) is 0 Å². The summed E-state index contributed by atoms with van der Waals surface area (Å²) in [5.41, 5.74) is 3.51. The largest absolute Gasteiger partial charge is 0.310 e. The Labute approximate surface area is 224 Å². The Hall–Kier alpha value is -4.66. The topological polar surface area (TPSA) is 3.24 Å². The van der Waals surface area contributed by atoms with Crippen molar-refractivity contribution in [2.24, 2.45) is 0 Å². The van der Waals surface area contributed by atoms with Gasteiger partial charge in [0.05, 0.1) is 5.69 Å². The first kappa shape index (κ1) is 21.4. The number of anilines is 3. The van der Waals surface area contributed by atoms with E-state index in [2.05, 4.69) is 144 Å². The molecule has 0 saturated carbocycles. The minimum atomic E-state index is 1.15. The second kappa shape index (κ2) is 8.44. The summed E-state index contributed by atoms with van der Waals surface area (Å²) in [5, 5.41) is 10.4. The molecule has 38 heavy (non-hydrogen) atoms. The van der Waals surface area contributed by atoms with Crippen molar-refractivity contribution < 1.29 is 0 Å². The van der Waals surface area contributed by atoms with Crippen LogP contribution in [-0.4, -0.2) is 0 Å². The summed E-state index contributed by atoms with van der Waals surface area (Å²) >= 11 is 1.89. The van der Waals surface area contributed by atoms with E-state index < -0.39 is 0 Å². The van der Waals surface area contributed by atoms with E-state index in [0.29, 0.717) is 0 Å². The zero-order valence-electron chi connectivity index (χ0n) is 20.6. The quantitative estimate of drug-likeness (QED) is 0.233. The van der Waals surface area contributed by atoms with Crippen LogP contribution in [0.3, 0.4) is 0 Å². The number of para-hydroxylation sites is 1. The molecule has 0 bridgehead atoms. The van der Waals surface area contributed by atoms with Crippen molar-refractivity contribution in [2.45, 2.75) is 0 Å². The maximum Gasteiger partial charge on any atom is 0.0554 e. The summed E-state index contributed by atoms with van der Waals surface area (Å²) in [6.45, 7) is 0. The Morgan fingerprint density at radius 1 is 0.395 bits per heavy atom. The van der Waals surface area contributed by atoms with Gasteiger partial charge in [-0.05, 0) is 63.3 Å². The van der Waals surface area contributed by atoms with Crippen molar-refractivity contribution in [3.63, 3.8) is 0 Å². The predicted molar refractivity (Wildman–Crippen MR) is 167 cm³/mol. The predicted octanol–water partition coefficient (Wildman–Crippen LogP) is 11.0. The molecular weight excluding hydrogens is 478 g/mol. The van der Waals surface area contributed by atoms with Gasteiger partial charge in [-0.15, -0.1) is 11.3 Å². The average Bonchev–Trinajstić information content (AvgIpc) is 3.37. The van der Waals surface area contributed by atoms with Crippen LogP contribution in [-0.2, 0) is 0 Å². The minimum absolute atomic E-state index is 1.15. The van der Waals surface area contributed by atoms with Crippen LogP contribution in [0.25, 0.3) is 52.5 Å². The lowest BCUT2D eigenvalue weighted by molar-refractivity contribution is 1.31. The van der Waals surface area contributed by atoms with Crippen LogP contribution in [0.15, 0.2) is 140 Å². The summed E-state index contributed by atoms with van der Waals surface area (Å²) in [7, 11) is 0. The number of hydrogen-bond acceptors (Lipinski definition) is 2. The molecule has 178 valence electrons. The zero-order chi connectivity index (χ0) is 25.1. The molecular formula is C36H23NS. The summed E-state index contributed by atoms with van der Waals surface area (Å²) in [5.74, 6) is 0. The lowest BCUT2D eigenvalue weighted by Crippen LogP contribution is -2.10. The van der Waals surface area contributed by atoms with E-state index in [1.807, 2.05) is 11.3 Å². The number of hydrogen-bond donors (Lipinski definition) is 0. The Balaban J connectivity index is 1.49. The van der Waals surface area contributed by atoms with Gasteiger partial charge in [0.25, 0.3) is 0 Å². The van der Waals surface area contributed by atoms with E-state index in [0.717, 1.165) is 11.4 Å². The van der Waals surface area contributed by atoms with Crippen LogP contribution in [0.2, 0.25) is 0 Å². The molecule has 2 heteroatoms. The SMILES string of the molecule is c1ccc(N(c2ccc3ccccc3c2)c2cc3sc4ccc5ccccc5c4c3c3ccccc23)cc1. The molecule has 0 radical (unpaired) electrons. The van der Waals surface area contributed by atoms with Gasteiger partial charge in [0.15, 0.2) is 0 Å². The first-order valence-electron chi connectivity index (χ1n) is 12.9. The van der Waals surface area contributed by atoms with Crippen molar-refractivity contribution in [1.82, 2.24) is 0 Å². The highest BCUT2D eigenvalue weighted by Crippen LogP contribution is 2.47. The van der Waals surface area contributed by atoms with Gasteiger partial charge >= 0.3 is 0 Å². The molecule has 1 aromatic heterocycles. The van der Waals surface area contributed by atoms with Crippen LogP contribution >= 0.6 is 11.3 Å². The minimum Gasteiger partial charge on any atom is -0.310 e. The van der Waals surface area contributed by atoms with Crippen LogP contribution < -0.4 is 4.90 Å². The molecule has 0 unspecified atom stereocenters. The Morgan fingerprint density at radius 2 is 1.03 bits per heavy atom. The van der Waals surface area contributed by atoms with Crippen LogP contribution in [0, 0.1) is 0 Å². The molecule has 8 rings (SSSR count). The fourth-order valence-electron chi connectivity index (χ4n) is 5.89. The van der Waals surface area contributed by atoms with Gasteiger partial charge in [-0.1, -0.05) is 103 Å². The second-order valence-corrected chi connectivity index (χ2v) is 10.9. The smallest absolute Gasteiger partial charge is 0.0554 e. The molecule has 0 aliphatic heterocycles. The lowest BCUT2D eigenvalue weighted by atomic mass is 9.98. The fraction of sp³-hybridized carbons (Fsp3) is 0. The summed E-state index contributed by atoms with van der Waals surface area (Å²) < 4.78 is 2.64. The molecule has 0 aliphatic carbocycles. The first-order chi connectivity index (χ1) is 18.8. The highest BCUT2D eigenvalue weighted by atomic mass is 32.1. The molecule has 0 amide bonds. The standard InChI is InChI=1S/C36H23NS/c1-2-13-27(14-3-1)37(28-20-18-24-10-4-5-12-26(24)22-28)32-23-34-36(31-17-9-8-16-30(31)32)35-29-15-7-6-11-25(29)19-21-33(35)38-34/h1-23H. The van der Waals surface area contributed by atoms with Crippen LogP contribution in [0.5, 0.6) is 0 Å². The molecule has 0 saturated heterocycles. The third kappa shape index (κ3) is 3.24. The summed E-state index contributed by atoms with van der Waals surface area (Å²) in [4.78, 5) is 2.41. The molecule has 1 nitrogen and oxygen atoms in total. The summed E-state index contributed by atoms with van der Waals surface area (Å²) in [6.07, 6.45) is 0. The molecule has 1 heterocycles. The van der Waals surface area contributed by atoms with Crippen molar-refractivity contribution in [2.75, 3.05) is 4.90 Å². The van der Waals surface area contributed by atoms with Crippen LogP contribution in [0.1, 0.15) is 0 Å². The molecule has 7 aromatic carbocycles. The third-order valence-corrected chi connectivity index (χ3v) is 8.70. The fourth-order valence-corrected chi connectivity index (χ4v) is 7.06. The van der Waals surface area contributed by atoms with Crippen molar-refractivity contribution in [3.8, 4) is 0 Å². The maximum absolute atomic E-state index is 2.41. The van der Waals surface area contributed by atoms with Crippen LogP contribution in [0.4, 0.5) is 17.1 Å². The molecule has 0 spiro atoms. The Bertz CT molecular complexity index is 2140. The Kier molecular flexibility index (Phi) is 4.76. The number of benzene rings is 7. The number of thiophene rings is 1. The number of rotatable bonds is 3. The van der Waals surface area contributed by atoms with E-state index in [4.69, 9.17) is 0 Å². The van der Waals surface area contributed by atoms with E-state index in [1.165, 1.54) is 58.2 Å². The van der Waals surface area contributed by atoms with Crippen molar-refractivity contribution in [3.05, 3.63) is 140 Å². The average molecular weight is 502 g/mol. The highest BCUT2D eigenvalue weighted by Gasteiger charge is 2.20. The molecule has 0 fully saturated rings. The van der Waals surface area contributed by atoms with E-state index in [1.54, 1.807) is 0 Å². The second-order valence-electron chi connectivity index (χ2n) is 9.78. The van der Waals surface area contributed by atoms with E-state index >= 15 is 0 Å². The van der Waals surface area contributed by atoms with Gasteiger partial charge in [0.1, 0.15) is 0 Å². The first-order valence-corrected chi connectivity index (χ1v) is 13.8. The zero-order valence-corrected chi connectivity index (χ0v) is 21.5. The van der Waals surface area contributed by atoms with Crippen molar-refractivity contribution in [1.29, 1.82) is 0 Å². The highest BCUT2D eigenvalue weighted by molar-refractivity contribution is 7.26. The monoisotopic (exact) mass is 501 g/mol. The normalized spacial score (nSPS) is 11.7. The lowest BCUT2D eigenvalue weighted by Gasteiger charge is -2.27. The van der Waals surface area contributed by atoms with Crippen molar-refractivity contribution >= 4 is 80.9 Å². The molecule has 0 atom stereocenters. The van der Waals surface area contributed by atoms with Gasteiger partial charge in [0.2, 0.25) is 0 Å². The maximum atomic E-state index is 2.41. The molecule has 0 N–H and O–H groups in total. The van der Waals surface area contributed by atoms with Gasteiger partial charge in [-0.2, -0.15) is 0 Å². The van der Waals surface area contributed by atoms with Gasteiger partial charge in [-0.25, -0.2) is 0 Å². The van der Waals surface area contributed by atoms with Gasteiger partial charge < -0.3 is 4.90 Å². The Morgan fingerprint density at radius 3 is 1.87 bits per heavy atom. The number of nitrogens with zero attached hydrogens (tertiary/aromatic N) is 1. The van der Waals surface area contributed by atoms with Gasteiger partial charge in [0, 0.05) is 36.9 Å². The molecule has 8 aromatic rings. The number of fused-ring (bicyclic) bond motifs is 8. The summed E-state index contributed by atoms with van der Waals surface area (Å²) in [6, 6.07) is 50.7. The third-order valence-electron chi connectivity index (χ3n) is 7.59. The van der Waals surface area contributed by atoms with E-state index in [-0.39, 0.29) is 0 Å². The van der Waals surface area contributed by atoms with E-state index in [9.17, 15) is 0 Å². The molecule has 0 aliphatic rings.